The minimum absolute atomic E-state index is 0.112. The van der Waals surface area contributed by atoms with E-state index in [0.29, 0.717) is 12.6 Å². The second-order valence-electron chi connectivity index (χ2n) is 6.57. The van der Waals surface area contributed by atoms with Gasteiger partial charge >= 0.3 is 5.97 Å². The van der Waals surface area contributed by atoms with Crippen molar-refractivity contribution in [3.63, 3.8) is 0 Å². The second-order valence-corrected chi connectivity index (χ2v) is 6.57. The summed E-state index contributed by atoms with van der Waals surface area (Å²) in [5.74, 6) is -0.112. The zero-order valence-electron chi connectivity index (χ0n) is 13.8. The van der Waals surface area contributed by atoms with Crippen LogP contribution in [-0.4, -0.2) is 73.2 Å². The molecule has 2 unspecified atom stereocenters. The summed E-state index contributed by atoms with van der Waals surface area (Å²) in [5.41, 5.74) is 0. The number of fused-ring (bicyclic) bond motifs is 1. The third kappa shape index (κ3) is 4.94. The monoisotopic (exact) mass is 297 g/mol. The molecule has 0 radical (unpaired) electrons. The molecule has 0 aromatic heterocycles. The van der Waals surface area contributed by atoms with E-state index in [1.54, 1.807) is 0 Å². The summed E-state index contributed by atoms with van der Waals surface area (Å²) in [4.78, 5) is 17.2. The maximum atomic E-state index is 12.1. The molecule has 2 atom stereocenters. The van der Waals surface area contributed by atoms with Crippen LogP contribution in [0.3, 0.4) is 0 Å². The van der Waals surface area contributed by atoms with Crippen molar-refractivity contribution in [1.29, 1.82) is 0 Å². The van der Waals surface area contributed by atoms with Gasteiger partial charge in [0.25, 0.3) is 0 Å². The normalized spacial score (nSPS) is 25.6. The van der Waals surface area contributed by atoms with Crippen LogP contribution in [-0.2, 0) is 9.53 Å². The number of hydrogen-bond donors (Lipinski definition) is 1. The molecule has 1 N–H and O–H groups in total. The van der Waals surface area contributed by atoms with Crippen molar-refractivity contribution in [2.75, 3.05) is 39.3 Å². The molecule has 2 heterocycles. The van der Waals surface area contributed by atoms with Crippen LogP contribution in [0.1, 0.15) is 40.0 Å². The molecule has 0 bridgehead atoms. The molecule has 2 rings (SSSR count). The van der Waals surface area contributed by atoms with Crippen LogP contribution >= 0.6 is 0 Å². The number of esters is 1. The summed E-state index contributed by atoms with van der Waals surface area (Å²) in [5, 5.41) is 3.36. The van der Waals surface area contributed by atoms with Crippen LogP contribution in [0.5, 0.6) is 0 Å². The van der Waals surface area contributed by atoms with Gasteiger partial charge in [0.2, 0.25) is 0 Å². The second kappa shape index (κ2) is 8.11. The summed E-state index contributed by atoms with van der Waals surface area (Å²) in [6, 6.07) is 0.765. The zero-order chi connectivity index (χ0) is 15.2. The van der Waals surface area contributed by atoms with Crippen molar-refractivity contribution in [2.45, 2.75) is 58.2 Å². The predicted octanol–water partition coefficient (Wildman–Crippen LogP) is 1.09. The number of carbonyl (C=O) groups excluding carboxylic acids is 1. The maximum absolute atomic E-state index is 12.1. The van der Waals surface area contributed by atoms with E-state index >= 15 is 0 Å². The molecule has 0 saturated carbocycles. The van der Waals surface area contributed by atoms with E-state index in [9.17, 15) is 4.79 Å². The Balaban J connectivity index is 1.92. The molecule has 2 fully saturated rings. The fraction of sp³-hybridized carbons (Fsp3) is 0.938. The summed E-state index contributed by atoms with van der Waals surface area (Å²) < 4.78 is 5.23. The fourth-order valence-corrected chi connectivity index (χ4v) is 3.55. The number of carbonyl (C=O) groups is 1. The van der Waals surface area contributed by atoms with Crippen molar-refractivity contribution in [2.24, 2.45) is 0 Å². The van der Waals surface area contributed by atoms with Crippen LogP contribution in [0.2, 0.25) is 0 Å². The van der Waals surface area contributed by atoms with Crippen molar-refractivity contribution in [1.82, 2.24) is 15.1 Å². The van der Waals surface area contributed by atoms with E-state index in [2.05, 4.69) is 29.0 Å². The quantitative estimate of drug-likeness (QED) is 0.744. The van der Waals surface area contributed by atoms with Crippen molar-refractivity contribution < 1.29 is 9.53 Å². The van der Waals surface area contributed by atoms with E-state index in [1.807, 2.05) is 6.92 Å². The summed E-state index contributed by atoms with van der Waals surface area (Å²) in [6.07, 6.45) is 3.83. The lowest BCUT2D eigenvalue weighted by molar-refractivity contribution is -0.146. The summed E-state index contributed by atoms with van der Waals surface area (Å²) >= 11 is 0. The molecule has 2 saturated heterocycles. The Kier molecular flexibility index (Phi) is 6.45. The SMILES string of the molecule is CCOC(=O)C(CN1CCCN2CCCC2C1)NC(C)C. The Hall–Kier alpha value is -0.650. The van der Waals surface area contributed by atoms with Gasteiger partial charge in [-0.05, 0) is 45.8 Å². The lowest BCUT2D eigenvalue weighted by atomic mass is 10.2. The predicted molar refractivity (Wildman–Crippen MR) is 84.3 cm³/mol. The van der Waals surface area contributed by atoms with E-state index in [4.69, 9.17) is 4.74 Å². The molecule has 0 aromatic carbocycles. The van der Waals surface area contributed by atoms with Crippen LogP contribution in [0.4, 0.5) is 0 Å². The van der Waals surface area contributed by atoms with Gasteiger partial charge < -0.3 is 10.1 Å². The van der Waals surface area contributed by atoms with Gasteiger partial charge in [-0.15, -0.1) is 0 Å². The van der Waals surface area contributed by atoms with Crippen LogP contribution in [0, 0.1) is 0 Å². The summed E-state index contributed by atoms with van der Waals surface area (Å²) in [7, 11) is 0. The first-order valence-electron chi connectivity index (χ1n) is 8.49. The highest BCUT2D eigenvalue weighted by Gasteiger charge is 2.31. The van der Waals surface area contributed by atoms with Gasteiger partial charge in [0.15, 0.2) is 0 Å². The number of rotatable bonds is 6. The van der Waals surface area contributed by atoms with Gasteiger partial charge in [0.05, 0.1) is 6.61 Å². The third-order valence-electron chi connectivity index (χ3n) is 4.43. The average Bonchev–Trinajstić information content (AvgIpc) is 2.76. The lowest BCUT2D eigenvalue weighted by Crippen LogP contribution is -2.50. The van der Waals surface area contributed by atoms with Gasteiger partial charge in [-0.1, -0.05) is 13.8 Å². The average molecular weight is 297 g/mol. The molecule has 5 nitrogen and oxygen atoms in total. The Labute approximate surface area is 129 Å². The third-order valence-corrected chi connectivity index (χ3v) is 4.43. The van der Waals surface area contributed by atoms with Gasteiger partial charge in [0.1, 0.15) is 6.04 Å². The smallest absolute Gasteiger partial charge is 0.324 e. The first-order valence-corrected chi connectivity index (χ1v) is 8.49. The van der Waals surface area contributed by atoms with E-state index < -0.39 is 0 Å². The Morgan fingerprint density at radius 2 is 2.05 bits per heavy atom. The van der Waals surface area contributed by atoms with E-state index in [-0.39, 0.29) is 18.1 Å². The number of ether oxygens (including phenoxy) is 1. The molecule has 5 heteroatoms. The Morgan fingerprint density at radius 3 is 2.76 bits per heavy atom. The van der Waals surface area contributed by atoms with Crippen LogP contribution in [0.25, 0.3) is 0 Å². The molecular weight excluding hydrogens is 266 g/mol. The highest BCUT2D eigenvalue weighted by molar-refractivity contribution is 5.76. The van der Waals surface area contributed by atoms with Gasteiger partial charge in [-0.2, -0.15) is 0 Å². The van der Waals surface area contributed by atoms with Crippen molar-refractivity contribution in [3.05, 3.63) is 0 Å². The Bertz CT molecular complexity index is 335. The van der Waals surface area contributed by atoms with Crippen LogP contribution in [0.15, 0.2) is 0 Å². The van der Waals surface area contributed by atoms with E-state index in [0.717, 1.165) is 19.6 Å². The molecule has 2 aliphatic rings. The molecule has 0 amide bonds. The first-order chi connectivity index (χ1) is 10.1. The van der Waals surface area contributed by atoms with Gasteiger partial charge in [-0.3, -0.25) is 14.6 Å². The largest absolute Gasteiger partial charge is 0.465 e. The lowest BCUT2D eigenvalue weighted by Gasteiger charge is -2.29. The number of nitrogens with zero attached hydrogens (tertiary/aromatic N) is 2. The minimum Gasteiger partial charge on any atom is -0.465 e. The topological polar surface area (TPSA) is 44.8 Å². The van der Waals surface area contributed by atoms with Gasteiger partial charge in [0, 0.05) is 25.2 Å². The fourth-order valence-electron chi connectivity index (χ4n) is 3.55. The highest BCUT2D eigenvalue weighted by Crippen LogP contribution is 2.21. The molecule has 0 aromatic rings. The Morgan fingerprint density at radius 1 is 1.29 bits per heavy atom. The maximum Gasteiger partial charge on any atom is 0.324 e. The van der Waals surface area contributed by atoms with Crippen molar-refractivity contribution in [3.8, 4) is 0 Å². The molecule has 122 valence electrons. The zero-order valence-corrected chi connectivity index (χ0v) is 13.8. The summed E-state index contributed by atoms with van der Waals surface area (Å²) in [6.45, 7) is 11.9. The van der Waals surface area contributed by atoms with Crippen LogP contribution < -0.4 is 5.32 Å². The first kappa shape index (κ1) is 16.7. The van der Waals surface area contributed by atoms with Gasteiger partial charge in [-0.25, -0.2) is 0 Å². The molecule has 2 aliphatic heterocycles. The standard InChI is InChI=1S/C16H31N3O2/c1-4-21-16(20)15(17-13(2)3)12-18-8-6-10-19-9-5-7-14(19)11-18/h13-15,17H,4-12H2,1-3H3. The molecule has 21 heavy (non-hydrogen) atoms. The van der Waals surface area contributed by atoms with Crippen molar-refractivity contribution >= 4 is 5.97 Å². The molecular formula is C16H31N3O2. The molecule has 0 spiro atoms. The number of nitrogens with one attached hydrogen (secondary N) is 1. The van der Waals surface area contributed by atoms with E-state index in [1.165, 1.54) is 32.4 Å². The number of hydrogen-bond acceptors (Lipinski definition) is 5. The molecule has 0 aliphatic carbocycles. The highest BCUT2D eigenvalue weighted by atomic mass is 16.5. The minimum atomic E-state index is -0.210.